The Balaban J connectivity index is 2.30. The SMILES string of the molecule is CCC(C)(CC)OC(=O)C(CC)(CC)CC(C)(C)C(=O)Oc1c(C)cc(Oc2cc(C)c(C(C)(CC)CC)c(C)c2)cc1C. The highest BCUT2D eigenvalue weighted by atomic mass is 16.6. The third kappa shape index (κ3) is 8.06. The number of hydrogen-bond acceptors (Lipinski definition) is 5. The fourth-order valence-electron chi connectivity index (χ4n) is 6.54. The van der Waals surface area contributed by atoms with Gasteiger partial charge in [-0.25, -0.2) is 0 Å². The first-order chi connectivity index (χ1) is 20.4. The van der Waals surface area contributed by atoms with Crippen molar-refractivity contribution in [3.05, 3.63) is 52.1 Å². The molecule has 0 aliphatic rings. The van der Waals surface area contributed by atoms with Crippen molar-refractivity contribution in [1.29, 1.82) is 0 Å². The van der Waals surface area contributed by atoms with Crippen LogP contribution in [0.2, 0.25) is 0 Å². The highest BCUT2D eigenvalue weighted by Gasteiger charge is 2.46. The van der Waals surface area contributed by atoms with Gasteiger partial charge in [0.1, 0.15) is 22.8 Å². The molecule has 0 atom stereocenters. The summed E-state index contributed by atoms with van der Waals surface area (Å²) >= 11 is 0. The number of benzene rings is 2. The summed E-state index contributed by atoms with van der Waals surface area (Å²) in [6, 6.07) is 8.07. The minimum atomic E-state index is -0.907. The van der Waals surface area contributed by atoms with Crippen LogP contribution < -0.4 is 9.47 Å². The zero-order valence-electron chi connectivity index (χ0n) is 30.3. The van der Waals surface area contributed by atoms with E-state index in [0.717, 1.165) is 42.6 Å². The van der Waals surface area contributed by atoms with Gasteiger partial charge in [0.25, 0.3) is 0 Å². The van der Waals surface area contributed by atoms with Gasteiger partial charge in [0.2, 0.25) is 0 Å². The monoisotopic (exact) mass is 608 g/mol. The third-order valence-corrected chi connectivity index (χ3v) is 10.5. The molecule has 5 heteroatoms. The lowest BCUT2D eigenvalue weighted by molar-refractivity contribution is -0.175. The van der Waals surface area contributed by atoms with Gasteiger partial charge in [-0.15, -0.1) is 0 Å². The molecule has 5 nitrogen and oxygen atoms in total. The van der Waals surface area contributed by atoms with Crippen LogP contribution in [0.15, 0.2) is 24.3 Å². The molecule has 0 N–H and O–H groups in total. The molecule has 0 heterocycles. The van der Waals surface area contributed by atoms with Crippen LogP contribution in [0.1, 0.15) is 142 Å². The molecule has 0 radical (unpaired) electrons. The van der Waals surface area contributed by atoms with E-state index in [0.29, 0.717) is 30.8 Å². The molecule has 0 aliphatic carbocycles. The Morgan fingerprint density at radius 2 is 1.05 bits per heavy atom. The molecule has 44 heavy (non-hydrogen) atoms. The van der Waals surface area contributed by atoms with E-state index >= 15 is 0 Å². The van der Waals surface area contributed by atoms with Gasteiger partial charge in [-0.3, -0.25) is 9.59 Å². The molecule has 0 unspecified atom stereocenters. The summed E-state index contributed by atoms with van der Waals surface area (Å²) in [6.07, 6.45) is 5.16. The fourth-order valence-corrected chi connectivity index (χ4v) is 6.54. The Hall–Kier alpha value is -2.82. The van der Waals surface area contributed by atoms with Crippen LogP contribution in [-0.2, 0) is 19.7 Å². The van der Waals surface area contributed by atoms with E-state index in [1.54, 1.807) is 0 Å². The molecule has 2 rings (SSSR count). The van der Waals surface area contributed by atoms with Crippen LogP contribution in [0.3, 0.4) is 0 Å². The van der Waals surface area contributed by atoms with Crippen molar-refractivity contribution in [1.82, 2.24) is 0 Å². The molecule has 0 fully saturated rings. The Morgan fingerprint density at radius 3 is 1.43 bits per heavy atom. The van der Waals surface area contributed by atoms with E-state index in [4.69, 9.17) is 14.2 Å². The van der Waals surface area contributed by atoms with Crippen molar-refractivity contribution in [2.75, 3.05) is 0 Å². The number of rotatable bonds is 15. The summed E-state index contributed by atoms with van der Waals surface area (Å²) < 4.78 is 18.5. The molecule has 0 spiro atoms. The van der Waals surface area contributed by atoms with Crippen molar-refractivity contribution >= 4 is 11.9 Å². The third-order valence-electron chi connectivity index (χ3n) is 10.5. The smallest absolute Gasteiger partial charge is 0.316 e. The average molecular weight is 609 g/mol. The van der Waals surface area contributed by atoms with Gasteiger partial charge in [-0.05, 0) is 151 Å². The minimum absolute atomic E-state index is 0.138. The van der Waals surface area contributed by atoms with E-state index < -0.39 is 16.4 Å². The van der Waals surface area contributed by atoms with Crippen LogP contribution in [-0.4, -0.2) is 17.5 Å². The maximum Gasteiger partial charge on any atom is 0.316 e. The average Bonchev–Trinajstić information content (AvgIpc) is 2.96. The summed E-state index contributed by atoms with van der Waals surface area (Å²) in [5.41, 5.74) is 3.46. The van der Waals surface area contributed by atoms with Crippen LogP contribution in [0.5, 0.6) is 17.2 Å². The Morgan fingerprint density at radius 1 is 0.614 bits per heavy atom. The van der Waals surface area contributed by atoms with Crippen molar-refractivity contribution in [3.8, 4) is 17.2 Å². The minimum Gasteiger partial charge on any atom is -0.459 e. The molecule has 2 aromatic rings. The van der Waals surface area contributed by atoms with E-state index in [1.165, 1.54) is 16.7 Å². The van der Waals surface area contributed by atoms with Crippen LogP contribution >= 0.6 is 0 Å². The maximum absolute atomic E-state index is 13.7. The Bertz CT molecular complexity index is 1260. The van der Waals surface area contributed by atoms with Crippen LogP contribution in [0, 0.1) is 38.5 Å². The van der Waals surface area contributed by atoms with E-state index in [9.17, 15) is 9.59 Å². The molecular formula is C39H60O5. The number of esters is 2. The first-order valence-corrected chi connectivity index (χ1v) is 16.8. The highest BCUT2D eigenvalue weighted by molar-refractivity contribution is 5.82. The predicted octanol–water partition coefficient (Wildman–Crippen LogP) is 11.0. The summed E-state index contributed by atoms with van der Waals surface area (Å²) in [5, 5.41) is 0. The second-order valence-corrected chi connectivity index (χ2v) is 14.2. The van der Waals surface area contributed by atoms with Crippen LogP contribution in [0.25, 0.3) is 0 Å². The molecule has 0 saturated carbocycles. The van der Waals surface area contributed by atoms with Gasteiger partial charge in [0.15, 0.2) is 0 Å². The highest BCUT2D eigenvalue weighted by Crippen LogP contribution is 2.44. The summed E-state index contributed by atoms with van der Waals surface area (Å²) in [6.45, 7) is 28.8. The molecule has 246 valence electrons. The molecule has 0 bridgehead atoms. The van der Waals surface area contributed by atoms with E-state index in [2.05, 4.69) is 46.8 Å². The second kappa shape index (κ2) is 14.5. The second-order valence-electron chi connectivity index (χ2n) is 14.2. The molecule has 0 aliphatic heterocycles. The van der Waals surface area contributed by atoms with Crippen LogP contribution in [0.4, 0.5) is 0 Å². The fraction of sp³-hybridized carbons (Fsp3) is 0.641. The zero-order valence-corrected chi connectivity index (χ0v) is 30.3. The van der Waals surface area contributed by atoms with Gasteiger partial charge >= 0.3 is 11.9 Å². The van der Waals surface area contributed by atoms with Crippen molar-refractivity contribution in [2.45, 2.75) is 153 Å². The number of ether oxygens (including phenoxy) is 3. The summed E-state index contributed by atoms with van der Waals surface area (Å²) in [5.74, 6) is 1.45. The normalized spacial score (nSPS) is 12.7. The molecule has 0 amide bonds. The molecular weight excluding hydrogens is 548 g/mol. The summed E-state index contributed by atoms with van der Waals surface area (Å²) in [7, 11) is 0. The summed E-state index contributed by atoms with van der Waals surface area (Å²) in [4.78, 5) is 27.2. The number of carbonyl (C=O) groups excluding carboxylic acids is 2. The van der Waals surface area contributed by atoms with Gasteiger partial charge < -0.3 is 14.2 Å². The lowest BCUT2D eigenvalue weighted by Gasteiger charge is -2.39. The van der Waals surface area contributed by atoms with Gasteiger partial charge in [-0.1, -0.05) is 48.5 Å². The zero-order chi connectivity index (χ0) is 33.7. The Kier molecular flexibility index (Phi) is 12.3. The van der Waals surface area contributed by atoms with Crippen molar-refractivity contribution < 1.29 is 23.8 Å². The molecule has 0 aromatic heterocycles. The van der Waals surface area contributed by atoms with Gasteiger partial charge in [0.05, 0.1) is 10.8 Å². The number of aryl methyl sites for hydroxylation is 4. The quantitative estimate of drug-likeness (QED) is 0.149. The Labute approximate surface area is 268 Å². The number of carbonyl (C=O) groups is 2. The van der Waals surface area contributed by atoms with Crippen molar-refractivity contribution in [3.63, 3.8) is 0 Å². The molecule has 2 aromatic carbocycles. The topological polar surface area (TPSA) is 61.8 Å². The first-order valence-electron chi connectivity index (χ1n) is 16.8. The first kappa shape index (κ1) is 37.4. The van der Waals surface area contributed by atoms with Crippen molar-refractivity contribution in [2.24, 2.45) is 10.8 Å². The van der Waals surface area contributed by atoms with E-state index in [-0.39, 0.29) is 17.4 Å². The van der Waals surface area contributed by atoms with Gasteiger partial charge in [0, 0.05) is 0 Å². The molecule has 0 saturated heterocycles. The lowest BCUT2D eigenvalue weighted by Crippen LogP contribution is -2.44. The van der Waals surface area contributed by atoms with Gasteiger partial charge in [-0.2, -0.15) is 0 Å². The predicted molar refractivity (Wildman–Crippen MR) is 182 cm³/mol. The lowest BCUT2D eigenvalue weighted by atomic mass is 9.69. The largest absolute Gasteiger partial charge is 0.459 e. The number of hydrogen-bond donors (Lipinski definition) is 0. The standard InChI is InChI=1S/C39H60O5/c1-15-37(13,16-2)32-26(7)21-30(22-27(32)8)42-31-23-28(9)33(29(10)24-31)43-34(40)36(11,12)25-39(19-5,20-6)35(41)44-38(14,17-3)18-4/h21-24H,15-20,25H2,1-14H3. The van der Waals surface area contributed by atoms with E-state index in [1.807, 2.05) is 74.4 Å². The maximum atomic E-state index is 13.7.